The minimum absolute atomic E-state index is 0.0126. The molecule has 0 spiro atoms. The van der Waals surface area contributed by atoms with Gasteiger partial charge in [0.05, 0.1) is 13.2 Å². The summed E-state index contributed by atoms with van der Waals surface area (Å²) < 4.78 is 5.30. The summed E-state index contributed by atoms with van der Waals surface area (Å²) in [4.78, 5) is 17.5. The Bertz CT molecular complexity index is 588. The van der Waals surface area contributed by atoms with Crippen molar-refractivity contribution in [3.63, 3.8) is 0 Å². The van der Waals surface area contributed by atoms with E-state index in [0.29, 0.717) is 12.1 Å². The lowest BCUT2D eigenvalue weighted by Crippen LogP contribution is -2.41. The number of morpholine rings is 1. The van der Waals surface area contributed by atoms with Crippen molar-refractivity contribution in [1.82, 2.24) is 15.2 Å². The summed E-state index contributed by atoms with van der Waals surface area (Å²) in [7, 11) is 0. The monoisotopic (exact) mass is 273 g/mol. The molecule has 1 aromatic carbocycles. The molecule has 3 rings (SSSR count). The lowest BCUT2D eigenvalue weighted by Gasteiger charge is -2.26. The molecule has 0 saturated carbocycles. The van der Waals surface area contributed by atoms with Crippen LogP contribution >= 0.6 is 0 Å². The van der Waals surface area contributed by atoms with Crippen LogP contribution in [0.1, 0.15) is 10.4 Å². The Kier molecular flexibility index (Phi) is 3.99. The summed E-state index contributed by atoms with van der Waals surface area (Å²) >= 11 is 0. The second-order valence-corrected chi connectivity index (χ2v) is 4.99. The highest BCUT2D eigenvalue weighted by Gasteiger charge is 2.11. The van der Waals surface area contributed by atoms with Crippen molar-refractivity contribution in [2.24, 2.45) is 0 Å². The number of ether oxygens (including phenoxy) is 1. The van der Waals surface area contributed by atoms with Crippen LogP contribution in [0.15, 0.2) is 30.5 Å². The molecule has 1 fully saturated rings. The SMILES string of the molecule is O=C(NCCN1CCOCC1)c1ccc2[nH]ccc2c1. The zero-order valence-corrected chi connectivity index (χ0v) is 11.4. The molecule has 2 N–H and O–H groups in total. The molecule has 1 aromatic heterocycles. The Morgan fingerprint density at radius 3 is 3.00 bits per heavy atom. The number of benzene rings is 1. The highest BCUT2D eigenvalue weighted by atomic mass is 16.5. The third-order valence-corrected chi connectivity index (χ3v) is 3.63. The highest BCUT2D eigenvalue weighted by molar-refractivity contribution is 5.98. The second kappa shape index (κ2) is 6.07. The standard InChI is InChI=1S/C15H19N3O2/c19-15(17-5-6-18-7-9-20-10-8-18)13-1-2-14-12(11-13)3-4-16-14/h1-4,11,16H,5-10H2,(H,17,19). The molecule has 5 nitrogen and oxygen atoms in total. The van der Waals surface area contributed by atoms with Crippen molar-refractivity contribution in [1.29, 1.82) is 0 Å². The van der Waals surface area contributed by atoms with Gasteiger partial charge < -0.3 is 15.0 Å². The van der Waals surface area contributed by atoms with E-state index in [1.54, 1.807) is 0 Å². The normalized spacial score (nSPS) is 16.4. The van der Waals surface area contributed by atoms with Crippen molar-refractivity contribution < 1.29 is 9.53 Å². The van der Waals surface area contributed by atoms with Gasteiger partial charge in [-0.05, 0) is 24.3 Å². The van der Waals surface area contributed by atoms with Gasteiger partial charge in [0.1, 0.15) is 0 Å². The number of H-pyrrole nitrogens is 1. The molecule has 0 radical (unpaired) electrons. The molecular weight excluding hydrogens is 254 g/mol. The maximum absolute atomic E-state index is 12.1. The third kappa shape index (κ3) is 3.00. The van der Waals surface area contributed by atoms with E-state index in [1.807, 2.05) is 30.5 Å². The van der Waals surface area contributed by atoms with Crippen LogP contribution in [-0.4, -0.2) is 55.2 Å². The zero-order valence-electron chi connectivity index (χ0n) is 11.4. The average Bonchev–Trinajstić information content (AvgIpc) is 2.95. The van der Waals surface area contributed by atoms with E-state index < -0.39 is 0 Å². The second-order valence-electron chi connectivity index (χ2n) is 4.99. The quantitative estimate of drug-likeness (QED) is 0.881. The summed E-state index contributed by atoms with van der Waals surface area (Å²) in [6, 6.07) is 7.67. The minimum atomic E-state index is -0.0126. The fourth-order valence-corrected chi connectivity index (χ4v) is 2.45. The van der Waals surface area contributed by atoms with Crippen LogP contribution in [0.25, 0.3) is 10.9 Å². The van der Waals surface area contributed by atoms with Gasteiger partial charge in [0.2, 0.25) is 0 Å². The van der Waals surface area contributed by atoms with Crippen molar-refractivity contribution >= 4 is 16.8 Å². The number of nitrogens with zero attached hydrogens (tertiary/aromatic N) is 1. The van der Waals surface area contributed by atoms with Crippen LogP contribution in [0.5, 0.6) is 0 Å². The van der Waals surface area contributed by atoms with Gasteiger partial charge in [-0.15, -0.1) is 0 Å². The number of fused-ring (bicyclic) bond motifs is 1. The lowest BCUT2D eigenvalue weighted by atomic mass is 10.1. The Balaban J connectivity index is 1.53. The predicted molar refractivity (Wildman–Crippen MR) is 77.9 cm³/mol. The number of aromatic amines is 1. The maximum atomic E-state index is 12.1. The molecule has 106 valence electrons. The summed E-state index contributed by atoms with van der Waals surface area (Å²) in [5.41, 5.74) is 1.76. The maximum Gasteiger partial charge on any atom is 0.251 e. The average molecular weight is 273 g/mol. The van der Waals surface area contributed by atoms with Gasteiger partial charge in [-0.25, -0.2) is 0 Å². The highest BCUT2D eigenvalue weighted by Crippen LogP contribution is 2.14. The van der Waals surface area contributed by atoms with E-state index in [-0.39, 0.29) is 5.91 Å². The summed E-state index contributed by atoms with van der Waals surface area (Å²) in [5, 5.41) is 4.03. The molecule has 1 aliphatic rings. The molecule has 0 aliphatic carbocycles. The first-order valence-electron chi connectivity index (χ1n) is 6.98. The molecule has 0 unspecified atom stereocenters. The van der Waals surface area contributed by atoms with Crippen LogP contribution in [0, 0.1) is 0 Å². The number of aromatic nitrogens is 1. The van der Waals surface area contributed by atoms with Gasteiger partial charge >= 0.3 is 0 Å². The van der Waals surface area contributed by atoms with E-state index in [2.05, 4.69) is 15.2 Å². The number of hydrogen-bond acceptors (Lipinski definition) is 3. The molecule has 2 aromatic rings. The number of amides is 1. The van der Waals surface area contributed by atoms with E-state index in [4.69, 9.17) is 4.74 Å². The molecule has 5 heteroatoms. The van der Waals surface area contributed by atoms with Crippen molar-refractivity contribution in [2.45, 2.75) is 0 Å². The van der Waals surface area contributed by atoms with Gasteiger partial charge in [0.25, 0.3) is 5.91 Å². The van der Waals surface area contributed by atoms with Gasteiger partial charge in [0, 0.05) is 48.8 Å². The largest absolute Gasteiger partial charge is 0.379 e. The van der Waals surface area contributed by atoms with Crippen LogP contribution in [0.4, 0.5) is 0 Å². The number of carbonyl (C=O) groups excluding carboxylic acids is 1. The topological polar surface area (TPSA) is 57.4 Å². The molecule has 1 amide bonds. The number of nitrogens with one attached hydrogen (secondary N) is 2. The van der Waals surface area contributed by atoms with Crippen LogP contribution in [0.2, 0.25) is 0 Å². The Morgan fingerprint density at radius 2 is 2.15 bits per heavy atom. The van der Waals surface area contributed by atoms with E-state index >= 15 is 0 Å². The molecule has 0 atom stereocenters. The van der Waals surface area contributed by atoms with Gasteiger partial charge in [-0.3, -0.25) is 9.69 Å². The summed E-state index contributed by atoms with van der Waals surface area (Å²) in [6.07, 6.45) is 1.88. The fraction of sp³-hybridized carbons (Fsp3) is 0.400. The van der Waals surface area contributed by atoms with E-state index in [1.165, 1.54) is 0 Å². The molecule has 1 aliphatic heterocycles. The molecule has 0 bridgehead atoms. The van der Waals surface area contributed by atoms with Gasteiger partial charge in [-0.1, -0.05) is 0 Å². The van der Waals surface area contributed by atoms with Crippen molar-refractivity contribution in [3.05, 3.63) is 36.0 Å². The lowest BCUT2D eigenvalue weighted by molar-refractivity contribution is 0.0383. The van der Waals surface area contributed by atoms with Crippen LogP contribution in [0.3, 0.4) is 0 Å². The van der Waals surface area contributed by atoms with Crippen LogP contribution in [-0.2, 0) is 4.74 Å². The Labute approximate surface area is 117 Å². The van der Waals surface area contributed by atoms with E-state index in [9.17, 15) is 4.79 Å². The van der Waals surface area contributed by atoms with Crippen molar-refractivity contribution in [2.75, 3.05) is 39.4 Å². The first-order chi connectivity index (χ1) is 9.83. The smallest absolute Gasteiger partial charge is 0.251 e. The van der Waals surface area contributed by atoms with Crippen molar-refractivity contribution in [3.8, 4) is 0 Å². The van der Waals surface area contributed by atoms with Gasteiger partial charge in [0.15, 0.2) is 0 Å². The fourth-order valence-electron chi connectivity index (χ4n) is 2.45. The van der Waals surface area contributed by atoms with E-state index in [0.717, 1.165) is 43.8 Å². The number of hydrogen-bond donors (Lipinski definition) is 2. The first-order valence-corrected chi connectivity index (χ1v) is 6.98. The zero-order chi connectivity index (χ0) is 13.8. The Morgan fingerprint density at radius 1 is 1.30 bits per heavy atom. The third-order valence-electron chi connectivity index (χ3n) is 3.63. The molecule has 1 saturated heterocycles. The number of rotatable bonds is 4. The summed E-state index contributed by atoms with van der Waals surface area (Å²) in [6.45, 7) is 5.03. The molecule has 20 heavy (non-hydrogen) atoms. The Hall–Kier alpha value is -1.85. The van der Waals surface area contributed by atoms with Crippen LogP contribution < -0.4 is 5.32 Å². The summed E-state index contributed by atoms with van der Waals surface area (Å²) in [5.74, 6) is -0.0126. The first kappa shape index (κ1) is 13.1. The predicted octanol–water partition coefficient (Wildman–Crippen LogP) is 1.23. The number of carbonyl (C=O) groups is 1. The minimum Gasteiger partial charge on any atom is -0.379 e. The molecule has 2 heterocycles. The molecular formula is C15H19N3O2. The van der Waals surface area contributed by atoms with Gasteiger partial charge in [-0.2, -0.15) is 0 Å².